The van der Waals surface area contributed by atoms with Crippen LogP contribution in [0.2, 0.25) is 0 Å². The fourth-order valence-corrected chi connectivity index (χ4v) is 4.54. The lowest BCUT2D eigenvalue weighted by molar-refractivity contribution is 0.0696. The zero-order valence-corrected chi connectivity index (χ0v) is 13.7. The van der Waals surface area contributed by atoms with Crippen molar-refractivity contribution in [2.24, 2.45) is 5.41 Å². The smallest absolute Gasteiger partial charge is 0.335 e. The molecule has 0 bridgehead atoms. The molecule has 2 aliphatic rings. The van der Waals surface area contributed by atoms with Crippen LogP contribution in [0.4, 0.5) is 0 Å². The van der Waals surface area contributed by atoms with E-state index in [1.807, 2.05) is 12.2 Å². The average Bonchev–Trinajstić information content (AvgIpc) is 3.33. The maximum absolute atomic E-state index is 13.0. The third-order valence-corrected chi connectivity index (χ3v) is 6.37. The molecule has 1 heterocycles. The monoisotopic (exact) mass is 337 g/mol. The first-order valence-electron chi connectivity index (χ1n) is 7.44. The van der Waals surface area contributed by atoms with E-state index < -0.39 is 16.0 Å². The summed E-state index contributed by atoms with van der Waals surface area (Å²) in [6.45, 7) is 0.820. The second-order valence-corrected chi connectivity index (χ2v) is 8.05. The van der Waals surface area contributed by atoms with E-state index in [0.29, 0.717) is 13.1 Å². The molecule has 0 aromatic heterocycles. The lowest BCUT2D eigenvalue weighted by Crippen LogP contribution is -2.35. The Balaban J connectivity index is 1.98. The van der Waals surface area contributed by atoms with Gasteiger partial charge in [0.15, 0.2) is 0 Å². The molecule has 0 amide bonds. The van der Waals surface area contributed by atoms with Crippen LogP contribution in [0, 0.1) is 5.41 Å². The fourth-order valence-electron chi connectivity index (χ4n) is 2.90. The van der Waals surface area contributed by atoms with E-state index in [1.165, 1.54) is 29.6 Å². The average molecular weight is 337 g/mol. The molecule has 0 saturated heterocycles. The highest BCUT2D eigenvalue weighted by Gasteiger charge is 2.46. The highest BCUT2D eigenvalue weighted by atomic mass is 32.2. The van der Waals surface area contributed by atoms with Crippen LogP contribution < -0.4 is 4.74 Å². The van der Waals surface area contributed by atoms with Crippen molar-refractivity contribution in [1.82, 2.24) is 4.31 Å². The minimum atomic E-state index is -3.74. The summed E-state index contributed by atoms with van der Waals surface area (Å²) in [5, 5.41) is 9.04. The van der Waals surface area contributed by atoms with Gasteiger partial charge in [-0.15, -0.1) is 0 Å². The Hall–Kier alpha value is -1.86. The van der Waals surface area contributed by atoms with Crippen molar-refractivity contribution in [3.8, 4) is 5.75 Å². The van der Waals surface area contributed by atoms with Gasteiger partial charge in [-0.2, -0.15) is 4.31 Å². The third kappa shape index (κ3) is 2.98. The molecule has 3 rings (SSSR count). The minimum Gasteiger partial charge on any atom is -0.495 e. The maximum atomic E-state index is 13.0. The molecule has 0 radical (unpaired) electrons. The van der Waals surface area contributed by atoms with Gasteiger partial charge in [-0.25, -0.2) is 13.2 Å². The zero-order chi connectivity index (χ0) is 16.7. The lowest BCUT2D eigenvalue weighted by atomic mass is 10.0. The first kappa shape index (κ1) is 16.0. The summed E-state index contributed by atoms with van der Waals surface area (Å²) in [6, 6.07) is 3.85. The summed E-state index contributed by atoms with van der Waals surface area (Å²) in [4.78, 5) is 11.1. The van der Waals surface area contributed by atoms with Crippen molar-refractivity contribution in [3.63, 3.8) is 0 Å². The molecular formula is C16H19NO5S. The maximum Gasteiger partial charge on any atom is 0.335 e. The van der Waals surface area contributed by atoms with Gasteiger partial charge in [-0.05, 0) is 42.9 Å². The summed E-state index contributed by atoms with van der Waals surface area (Å²) in [6.07, 6.45) is 6.92. The molecule has 1 aromatic rings. The van der Waals surface area contributed by atoms with Gasteiger partial charge in [-0.3, -0.25) is 0 Å². The van der Waals surface area contributed by atoms with E-state index in [0.717, 1.165) is 19.3 Å². The summed E-state index contributed by atoms with van der Waals surface area (Å²) in [7, 11) is -2.40. The number of hydrogen-bond donors (Lipinski definition) is 1. The Bertz CT molecular complexity index is 765. The Labute approximate surface area is 135 Å². The van der Waals surface area contributed by atoms with Gasteiger partial charge in [0.2, 0.25) is 10.0 Å². The Morgan fingerprint density at radius 2 is 2.04 bits per heavy atom. The van der Waals surface area contributed by atoms with Crippen molar-refractivity contribution in [2.45, 2.75) is 24.2 Å². The highest BCUT2D eigenvalue weighted by molar-refractivity contribution is 7.89. The van der Waals surface area contributed by atoms with Crippen molar-refractivity contribution in [1.29, 1.82) is 0 Å². The van der Waals surface area contributed by atoms with Crippen LogP contribution in [-0.4, -0.2) is 44.0 Å². The SMILES string of the molecule is COc1cc(C(=O)O)ccc1S(=O)(=O)N1CC=CCC2(CC2)C1. The number of benzene rings is 1. The number of hydrogen-bond acceptors (Lipinski definition) is 4. The number of ether oxygens (including phenoxy) is 1. The van der Waals surface area contributed by atoms with Crippen molar-refractivity contribution in [2.75, 3.05) is 20.2 Å². The molecule has 0 atom stereocenters. The molecule has 1 aromatic carbocycles. The van der Waals surface area contributed by atoms with E-state index in [2.05, 4.69) is 0 Å². The second-order valence-electron chi connectivity index (χ2n) is 6.14. The van der Waals surface area contributed by atoms with E-state index in [-0.39, 0.29) is 21.6 Å². The summed E-state index contributed by atoms with van der Waals surface area (Å²) < 4.78 is 32.5. The molecule has 1 aliphatic carbocycles. The number of rotatable bonds is 4. The number of carboxylic acid groups (broad SMARTS) is 1. The van der Waals surface area contributed by atoms with Gasteiger partial charge in [0.1, 0.15) is 10.6 Å². The largest absolute Gasteiger partial charge is 0.495 e. The van der Waals surface area contributed by atoms with Gasteiger partial charge in [-0.1, -0.05) is 12.2 Å². The van der Waals surface area contributed by atoms with Crippen molar-refractivity contribution < 1.29 is 23.1 Å². The van der Waals surface area contributed by atoms with Gasteiger partial charge in [0.05, 0.1) is 12.7 Å². The van der Waals surface area contributed by atoms with Crippen LogP contribution in [0.5, 0.6) is 5.75 Å². The first-order valence-corrected chi connectivity index (χ1v) is 8.88. The molecule has 1 N–H and O–H groups in total. The van der Waals surface area contributed by atoms with Gasteiger partial charge >= 0.3 is 5.97 Å². The second kappa shape index (κ2) is 5.65. The van der Waals surface area contributed by atoms with Crippen LogP contribution in [0.3, 0.4) is 0 Å². The highest BCUT2D eigenvalue weighted by Crippen LogP contribution is 2.51. The van der Waals surface area contributed by atoms with Gasteiger partial charge < -0.3 is 9.84 Å². The molecule has 1 spiro atoms. The van der Waals surface area contributed by atoms with E-state index in [1.54, 1.807) is 0 Å². The lowest BCUT2D eigenvalue weighted by Gasteiger charge is -2.24. The number of methoxy groups -OCH3 is 1. The van der Waals surface area contributed by atoms with E-state index in [9.17, 15) is 13.2 Å². The Kier molecular flexibility index (Phi) is 3.93. The van der Waals surface area contributed by atoms with E-state index in [4.69, 9.17) is 9.84 Å². The van der Waals surface area contributed by atoms with Crippen LogP contribution in [0.15, 0.2) is 35.2 Å². The molecule has 6 nitrogen and oxygen atoms in total. The number of allylic oxidation sites excluding steroid dienone is 1. The standard InChI is InChI=1S/C16H19NO5S/c1-22-13-10-12(15(18)19)4-5-14(13)23(20,21)17-9-3-2-6-16(11-17)7-8-16/h2-5,10H,6-9,11H2,1H3,(H,18,19). The quantitative estimate of drug-likeness (QED) is 0.851. The molecule has 23 heavy (non-hydrogen) atoms. The van der Waals surface area contributed by atoms with Crippen LogP contribution in [0.1, 0.15) is 29.6 Å². The Morgan fingerprint density at radius 3 is 2.65 bits per heavy atom. The van der Waals surface area contributed by atoms with Crippen LogP contribution in [0.25, 0.3) is 0 Å². The molecule has 1 saturated carbocycles. The minimum absolute atomic E-state index is 0.00442. The molecular weight excluding hydrogens is 318 g/mol. The molecule has 7 heteroatoms. The fraction of sp³-hybridized carbons (Fsp3) is 0.438. The van der Waals surface area contributed by atoms with Crippen molar-refractivity contribution in [3.05, 3.63) is 35.9 Å². The first-order chi connectivity index (χ1) is 10.9. The number of carboxylic acids is 1. The molecule has 124 valence electrons. The van der Waals surface area contributed by atoms with Gasteiger partial charge in [0, 0.05) is 13.1 Å². The third-order valence-electron chi connectivity index (χ3n) is 4.52. The van der Waals surface area contributed by atoms with Crippen LogP contribution >= 0.6 is 0 Å². The van der Waals surface area contributed by atoms with E-state index >= 15 is 0 Å². The number of nitrogens with zero attached hydrogens (tertiary/aromatic N) is 1. The normalized spacial score (nSPS) is 20.2. The summed E-state index contributed by atoms with van der Waals surface area (Å²) >= 11 is 0. The topological polar surface area (TPSA) is 83.9 Å². The molecule has 1 fully saturated rings. The number of carbonyl (C=O) groups is 1. The molecule has 0 unspecified atom stereocenters. The number of aromatic carboxylic acids is 1. The van der Waals surface area contributed by atoms with Crippen molar-refractivity contribution >= 4 is 16.0 Å². The molecule has 1 aliphatic heterocycles. The van der Waals surface area contributed by atoms with Crippen LogP contribution in [-0.2, 0) is 10.0 Å². The predicted octanol–water partition coefficient (Wildman–Crippen LogP) is 2.12. The summed E-state index contributed by atoms with van der Waals surface area (Å²) in [5.74, 6) is -1.06. The zero-order valence-electron chi connectivity index (χ0n) is 12.9. The van der Waals surface area contributed by atoms with Gasteiger partial charge in [0.25, 0.3) is 0 Å². The Morgan fingerprint density at radius 1 is 1.30 bits per heavy atom. The number of sulfonamides is 1. The summed E-state index contributed by atoms with van der Waals surface area (Å²) in [5.41, 5.74) is 0.0733. The predicted molar refractivity (Wildman–Crippen MR) is 84.1 cm³/mol.